The van der Waals surface area contributed by atoms with Crippen LogP contribution in [0.2, 0.25) is 0 Å². The van der Waals surface area contributed by atoms with Crippen molar-refractivity contribution in [3.63, 3.8) is 0 Å². The molecule has 148 valence electrons. The van der Waals surface area contributed by atoms with Crippen molar-refractivity contribution in [2.24, 2.45) is 0 Å². The van der Waals surface area contributed by atoms with Crippen LogP contribution in [-0.2, 0) is 6.42 Å². The van der Waals surface area contributed by atoms with Gasteiger partial charge in [-0.25, -0.2) is 4.39 Å². The number of piperidine rings is 1. The summed E-state index contributed by atoms with van der Waals surface area (Å²) in [6.07, 6.45) is 4.21. The van der Waals surface area contributed by atoms with Gasteiger partial charge in [-0.3, -0.25) is 4.90 Å². The first-order valence-corrected chi connectivity index (χ1v) is 10.3. The zero-order valence-electron chi connectivity index (χ0n) is 16.7. The quantitative estimate of drug-likeness (QED) is 0.764. The van der Waals surface area contributed by atoms with Crippen LogP contribution in [0.5, 0.6) is 0 Å². The van der Waals surface area contributed by atoms with Gasteiger partial charge in [0.1, 0.15) is 5.82 Å². The number of nitrogen functional groups attached to an aromatic ring is 1. The normalized spacial score (nSPS) is 20.8. The van der Waals surface area contributed by atoms with Gasteiger partial charge in [0.25, 0.3) is 0 Å². The third-order valence-electron chi connectivity index (χ3n) is 6.30. The van der Waals surface area contributed by atoms with Crippen molar-refractivity contribution >= 4 is 11.4 Å². The molecule has 3 nitrogen and oxygen atoms in total. The van der Waals surface area contributed by atoms with E-state index in [0.29, 0.717) is 17.6 Å². The predicted molar refractivity (Wildman–Crippen MR) is 115 cm³/mol. The predicted octanol–water partition coefficient (Wildman–Crippen LogP) is 4.94. The number of anilines is 2. The number of nitrogens with zero attached hydrogens (tertiary/aromatic N) is 2. The van der Waals surface area contributed by atoms with Crippen molar-refractivity contribution in [2.75, 3.05) is 30.3 Å². The SMILES string of the molecule is C=C(CN1CCC(c2ccccc2)CC1)N1c2c(N)cc(F)cc2CC[C@H]1C. The minimum atomic E-state index is -0.251. The monoisotopic (exact) mass is 379 g/mol. The molecular weight excluding hydrogens is 349 g/mol. The van der Waals surface area contributed by atoms with E-state index in [-0.39, 0.29) is 5.82 Å². The lowest BCUT2D eigenvalue weighted by Gasteiger charge is -2.41. The molecule has 0 radical (unpaired) electrons. The number of hydrogen-bond donors (Lipinski definition) is 1. The van der Waals surface area contributed by atoms with E-state index in [4.69, 9.17) is 5.73 Å². The Bertz CT molecular complexity index is 840. The lowest BCUT2D eigenvalue weighted by molar-refractivity contribution is 0.226. The van der Waals surface area contributed by atoms with E-state index in [0.717, 1.165) is 49.4 Å². The van der Waals surface area contributed by atoms with Gasteiger partial charge in [0, 0.05) is 18.3 Å². The highest BCUT2D eigenvalue weighted by Crippen LogP contribution is 2.39. The Morgan fingerprint density at radius 3 is 2.57 bits per heavy atom. The summed E-state index contributed by atoms with van der Waals surface area (Å²) in [4.78, 5) is 4.74. The summed E-state index contributed by atoms with van der Waals surface area (Å²) >= 11 is 0. The average molecular weight is 380 g/mol. The zero-order valence-corrected chi connectivity index (χ0v) is 16.7. The molecule has 0 saturated carbocycles. The number of likely N-dealkylation sites (tertiary alicyclic amines) is 1. The van der Waals surface area contributed by atoms with Gasteiger partial charge in [-0.05, 0) is 74.9 Å². The Labute approximate surface area is 167 Å². The summed E-state index contributed by atoms with van der Waals surface area (Å²) in [5.41, 5.74) is 11.2. The first kappa shape index (κ1) is 19.0. The molecule has 0 aromatic heterocycles. The standard InChI is InChI=1S/C24H30FN3/c1-17-8-9-21-14-22(25)15-23(26)24(21)28(17)18(2)16-27-12-10-20(11-13-27)19-6-4-3-5-7-19/h3-7,14-15,17,20H,2,8-13,16,26H2,1H3/t17-/m1/s1. The van der Waals surface area contributed by atoms with E-state index in [1.54, 1.807) is 6.07 Å². The van der Waals surface area contributed by atoms with Gasteiger partial charge in [-0.15, -0.1) is 0 Å². The second-order valence-electron chi connectivity index (χ2n) is 8.29. The molecule has 0 unspecified atom stereocenters. The van der Waals surface area contributed by atoms with Crippen LogP contribution in [0.25, 0.3) is 0 Å². The number of nitrogens with two attached hydrogens (primary N) is 1. The lowest BCUT2D eigenvalue weighted by Crippen LogP contribution is -2.42. The highest BCUT2D eigenvalue weighted by atomic mass is 19.1. The number of hydrogen-bond acceptors (Lipinski definition) is 3. The smallest absolute Gasteiger partial charge is 0.125 e. The van der Waals surface area contributed by atoms with Crippen molar-refractivity contribution in [1.29, 1.82) is 0 Å². The first-order chi connectivity index (χ1) is 13.5. The molecule has 2 heterocycles. The maximum absolute atomic E-state index is 13.8. The number of rotatable bonds is 4. The number of benzene rings is 2. The van der Waals surface area contributed by atoms with Crippen LogP contribution in [0, 0.1) is 5.82 Å². The molecule has 1 saturated heterocycles. The van der Waals surface area contributed by atoms with E-state index in [1.807, 2.05) is 0 Å². The summed E-state index contributed by atoms with van der Waals surface area (Å²) in [6, 6.07) is 14.2. The maximum Gasteiger partial charge on any atom is 0.125 e. The van der Waals surface area contributed by atoms with Gasteiger partial charge in [-0.1, -0.05) is 36.9 Å². The highest BCUT2D eigenvalue weighted by Gasteiger charge is 2.29. The summed E-state index contributed by atoms with van der Waals surface area (Å²) < 4.78 is 13.8. The lowest BCUT2D eigenvalue weighted by atomic mass is 9.89. The van der Waals surface area contributed by atoms with E-state index < -0.39 is 0 Å². The Balaban J connectivity index is 1.44. The largest absolute Gasteiger partial charge is 0.397 e. The first-order valence-electron chi connectivity index (χ1n) is 10.3. The summed E-state index contributed by atoms with van der Waals surface area (Å²) in [5, 5.41) is 0. The third-order valence-corrected chi connectivity index (χ3v) is 6.30. The number of halogens is 1. The van der Waals surface area contributed by atoms with Gasteiger partial charge in [0.05, 0.1) is 11.4 Å². The van der Waals surface area contributed by atoms with E-state index >= 15 is 0 Å². The Morgan fingerprint density at radius 1 is 1.14 bits per heavy atom. The Morgan fingerprint density at radius 2 is 1.86 bits per heavy atom. The molecule has 2 aliphatic heterocycles. The van der Waals surface area contributed by atoms with E-state index in [9.17, 15) is 4.39 Å². The Hall–Kier alpha value is -2.33. The highest BCUT2D eigenvalue weighted by molar-refractivity contribution is 5.75. The molecule has 0 aliphatic carbocycles. The average Bonchev–Trinajstić information content (AvgIpc) is 2.69. The molecule has 4 rings (SSSR count). The number of aryl methyl sites for hydroxylation is 1. The van der Waals surface area contributed by atoms with E-state index in [2.05, 4.69) is 53.6 Å². The van der Waals surface area contributed by atoms with Gasteiger partial charge in [-0.2, -0.15) is 0 Å². The Kier molecular flexibility index (Phi) is 5.40. The van der Waals surface area contributed by atoms with Crippen LogP contribution < -0.4 is 10.6 Å². The van der Waals surface area contributed by atoms with Crippen LogP contribution in [0.4, 0.5) is 15.8 Å². The van der Waals surface area contributed by atoms with Crippen molar-refractivity contribution < 1.29 is 4.39 Å². The van der Waals surface area contributed by atoms with Gasteiger partial charge in [0.15, 0.2) is 0 Å². The van der Waals surface area contributed by atoms with E-state index in [1.165, 1.54) is 24.5 Å². The van der Waals surface area contributed by atoms with Crippen LogP contribution in [-0.4, -0.2) is 30.6 Å². The molecule has 2 aromatic rings. The zero-order chi connectivity index (χ0) is 19.7. The molecule has 2 N–H and O–H groups in total. The van der Waals surface area contributed by atoms with Crippen LogP contribution in [0.1, 0.15) is 43.2 Å². The van der Waals surface area contributed by atoms with Crippen molar-refractivity contribution in [3.05, 3.63) is 71.7 Å². The fourth-order valence-corrected chi connectivity index (χ4v) is 4.83. The fraction of sp³-hybridized carbons (Fsp3) is 0.417. The molecule has 2 aromatic carbocycles. The molecule has 28 heavy (non-hydrogen) atoms. The molecule has 4 heteroatoms. The topological polar surface area (TPSA) is 32.5 Å². The molecule has 0 amide bonds. The molecule has 0 bridgehead atoms. The summed E-state index contributed by atoms with van der Waals surface area (Å²) in [7, 11) is 0. The second-order valence-corrected chi connectivity index (χ2v) is 8.29. The minimum absolute atomic E-state index is 0.251. The molecular formula is C24H30FN3. The second kappa shape index (κ2) is 7.96. The molecule has 1 fully saturated rings. The van der Waals surface area contributed by atoms with Crippen LogP contribution >= 0.6 is 0 Å². The maximum atomic E-state index is 13.8. The number of fused-ring (bicyclic) bond motifs is 1. The van der Waals surface area contributed by atoms with Gasteiger partial charge < -0.3 is 10.6 Å². The summed E-state index contributed by atoms with van der Waals surface area (Å²) in [5.74, 6) is 0.401. The van der Waals surface area contributed by atoms with Crippen molar-refractivity contribution in [3.8, 4) is 0 Å². The molecule has 2 aliphatic rings. The van der Waals surface area contributed by atoms with Gasteiger partial charge >= 0.3 is 0 Å². The van der Waals surface area contributed by atoms with Crippen molar-refractivity contribution in [1.82, 2.24) is 4.90 Å². The molecule has 0 spiro atoms. The minimum Gasteiger partial charge on any atom is -0.397 e. The summed E-state index contributed by atoms with van der Waals surface area (Å²) in [6.45, 7) is 9.59. The van der Waals surface area contributed by atoms with Gasteiger partial charge in [0.2, 0.25) is 0 Å². The fourth-order valence-electron chi connectivity index (χ4n) is 4.83. The van der Waals surface area contributed by atoms with Crippen LogP contribution in [0.15, 0.2) is 54.7 Å². The third kappa shape index (κ3) is 3.79. The van der Waals surface area contributed by atoms with Crippen LogP contribution in [0.3, 0.4) is 0 Å². The van der Waals surface area contributed by atoms with Crippen molar-refractivity contribution in [2.45, 2.75) is 44.6 Å². The molecule has 1 atom stereocenters.